The molecule has 0 aliphatic carbocycles. The lowest BCUT2D eigenvalue weighted by Crippen LogP contribution is -2.19. The van der Waals surface area contributed by atoms with E-state index in [1.54, 1.807) is 29.2 Å². The molecule has 3 aromatic rings. The van der Waals surface area contributed by atoms with Crippen LogP contribution in [0.25, 0.3) is 11.9 Å². The van der Waals surface area contributed by atoms with Crippen LogP contribution in [0.5, 0.6) is 0 Å². The molecule has 1 N–H and O–H groups in total. The Hall–Kier alpha value is -2.81. The summed E-state index contributed by atoms with van der Waals surface area (Å²) < 4.78 is 2.93. The Morgan fingerprint density at radius 2 is 2.05 bits per heavy atom. The largest absolute Gasteiger partial charge is 0.354 e. The van der Waals surface area contributed by atoms with Crippen LogP contribution < -0.4 is 5.32 Å². The van der Waals surface area contributed by atoms with Gasteiger partial charge in [0.05, 0.1) is 0 Å². The minimum atomic E-state index is -0.302. The van der Waals surface area contributed by atoms with E-state index >= 15 is 0 Å². The molecule has 10 heteroatoms. The summed E-state index contributed by atoms with van der Waals surface area (Å²) in [5, 5.41) is 6.58. The summed E-state index contributed by atoms with van der Waals surface area (Å²) in [5.41, 5.74) is 0.248. The molecule has 3 heterocycles. The number of imidazole rings is 1. The summed E-state index contributed by atoms with van der Waals surface area (Å²) in [5.74, 6) is 0.206. The molecule has 3 rings (SSSR count). The zero-order valence-electron chi connectivity index (χ0n) is 10.8. The van der Waals surface area contributed by atoms with E-state index in [1.165, 1.54) is 18.1 Å². The number of amides is 1. The van der Waals surface area contributed by atoms with Crippen LogP contribution in [0.4, 0.5) is 0 Å². The van der Waals surface area contributed by atoms with Crippen molar-refractivity contribution in [3.8, 4) is 11.9 Å². The third kappa shape index (κ3) is 2.58. The van der Waals surface area contributed by atoms with E-state index in [0.717, 1.165) is 0 Å². The van der Waals surface area contributed by atoms with Crippen LogP contribution in [0, 0.1) is 0 Å². The first-order valence-corrected chi connectivity index (χ1v) is 6.23. The van der Waals surface area contributed by atoms with Crippen LogP contribution in [-0.4, -0.2) is 47.2 Å². The fourth-order valence-corrected chi connectivity index (χ4v) is 1.76. The van der Waals surface area contributed by atoms with Crippen LogP contribution >= 0.6 is 11.6 Å². The average molecular weight is 305 g/mol. The summed E-state index contributed by atoms with van der Waals surface area (Å²) >= 11 is 5.90. The number of nitrogens with zero attached hydrogens (tertiary/aromatic N) is 7. The predicted molar refractivity (Wildman–Crippen MR) is 72.5 cm³/mol. The highest BCUT2D eigenvalue weighted by atomic mass is 35.5. The number of aromatic nitrogens is 7. The quantitative estimate of drug-likeness (QED) is 0.744. The van der Waals surface area contributed by atoms with Crippen molar-refractivity contribution >= 4 is 17.5 Å². The first-order valence-electron chi connectivity index (χ1n) is 5.85. The molecule has 0 atom stereocenters. The lowest BCUT2D eigenvalue weighted by Gasteiger charge is -2.04. The van der Waals surface area contributed by atoms with Gasteiger partial charge in [0, 0.05) is 25.6 Å². The maximum absolute atomic E-state index is 11.5. The number of hydrogen-bond acceptors (Lipinski definition) is 6. The number of halogens is 1. The third-order valence-electron chi connectivity index (χ3n) is 2.57. The molecule has 0 aliphatic heterocycles. The van der Waals surface area contributed by atoms with Crippen molar-refractivity contribution in [1.29, 1.82) is 0 Å². The van der Waals surface area contributed by atoms with Gasteiger partial charge < -0.3 is 5.32 Å². The van der Waals surface area contributed by atoms with Crippen LogP contribution in [0.2, 0.25) is 5.28 Å². The highest BCUT2D eigenvalue weighted by Crippen LogP contribution is 2.09. The summed E-state index contributed by atoms with van der Waals surface area (Å²) in [7, 11) is 1.53. The lowest BCUT2D eigenvalue weighted by molar-refractivity contribution is 0.0957. The number of rotatable bonds is 3. The second-order valence-electron chi connectivity index (χ2n) is 3.90. The SMILES string of the molecule is CNC(=O)c1ccn(-c2nc(Cl)nc(-n3ccnc3)n2)n1. The van der Waals surface area contributed by atoms with E-state index in [-0.39, 0.29) is 22.8 Å². The monoisotopic (exact) mass is 304 g/mol. The molecule has 0 bridgehead atoms. The average Bonchev–Trinajstić information content (AvgIpc) is 3.17. The summed E-state index contributed by atoms with van der Waals surface area (Å²) in [6, 6.07) is 1.55. The van der Waals surface area contributed by atoms with Crippen LogP contribution in [0.1, 0.15) is 10.5 Å². The first kappa shape index (κ1) is 13.2. The molecule has 0 unspecified atom stereocenters. The van der Waals surface area contributed by atoms with E-state index in [0.29, 0.717) is 5.95 Å². The molecule has 0 spiro atoms. The van der Waals surface area contributed by atoms with Gasteiger partial charge in [0.25, 0.3) is 11.9 Å². The predicted octanol–water partition coefficient (Wildman–Crippen LogP) is 0.256. The van der Waals surface area contributed by atoms with Crippen molar-refractivity contribution in [2.45, 2.75) is 0 Å². The Morgan fingerprint density at radius 3 is 2.76 bits per heavy atom. The third-order valence-corrected chi connectivity index (χ3v) is 2.74. The normalized spacial score (nSPS) is 10.6. The van der Waals surface area contributed by atoms with Gasteiger partial charge >= 0.3 is 0 Å². The van der Waals surface area contributed by atoms with Crippen LogP contribution in [0.3, 0.4) is 0 Å². The molecule has 3 aromatic heterocycles. The molecule has 0 saturated heterocycles. The number of carbonyl (C=O) groups is 1. The minimum Gasteiger partial charge on any atom is -0.354 e. The number of hydrogen-bond donors (Lipinski definition) is 1. The molecular weight excluding hydrogens is 296 g/mol. The Balaban J connectivity index is 2.02. The first-order chi connectivity index (χ1) is 10.2. The lowest BCUT2D eigenvalue weighted by atomic mass is 10.4. The van der Waals surface area contributed by atoms with Gasteiger partial charge in [0.2, 0.25) is 11.2 Å². The Bertz CT molecular complexity index is 781. The molecule has 21 heavy (non-hydrogen) atoms. The second kappa shape index (κ2) is 5.29. The maximum atomic E-state index is 11.5. The van der Waals surface area contributed by atoms with E-state index in [2.05, 4.69) is 30.4 Å². The van der Waals surface area contributed by atoms with Gasteiger partial charge in [-0.15, -0.1) is 0 Å². The molecule has 0 radical (unpaired) electrons. The topological polar surface area (TPSA) is 103 Å². The fourth-order valence-electron chi connectivity index (χ4n) is 1.61. The van der Waals surface area contributed by atoms with E-state index in [4.69, 9.17) is 11.6 Å². The van der Waals surface area contributed by atoms with E-state index in [1.807, 2.05) is 0 Å². The number of nitrogens with one attached hydrogen (secondary N) is 1. The number of carbonyl (C=O) groups excluding carboxylic acids is 1. The molecular formula is C11H9ClN8O. The Kier molecular flexibility index (Phi) is 3.32. The van der Waals surface area contributed by atoms with Gasteiger partial charge in [-0.05, 0) is 17.7 Å². The molecule has 0 aromatic carbocycles. The van der Waals surface area contributed by atoms with Crippen molar-refractivity contribution in [3.63, 3.8) is 0 Å². The fraction of sp³-hybridized carbons (Fsp3) is 0.0909. The highest BCUT2D eigenvalue weighted by molar-refractivity contribution is 6.28. The molecule has 106 valence electrons. The second-order valence-corrected chi connectivity index (χ2v) is 4.24. The summed E-state index contributed by atoms with van der Waals surface area (Å²) in [6.07, 6.45) is 6.37. The van der Waals surface area contributed by atoms with Gasteiger partial charge in [0.1, 0.15) is 6.33 Å². The van der Waals surface area contributed by atoms with Gasteiger partial charge in [-0.25, -0.2) is 9.67 Å². The van der Waals surface area contributed by atoms with Gasteiger partial charge in [-0.2, -0.15) is 20.1 Å². The van der Waals surface area contributed by atoms with Crippen LogP contribution in [-0.2, 0) is 0 Å². The Morgan fingerprint density at radius 1 is 1.24 bits per heavy atom. The summed E-state index contributed by atoms with van der Waals surface area (Å²) in [6.45, 7) is 0. The smallest absolute Gasteiger partial charge is 0.271 e. The van der Waals surface area contributed by atoms with Crippen molar-refractivity contribution in [3.05, 3.63) is 42.0 Å². The van der Waals surface area contributed by atoms with Gasteiger partial charge in [0.15, 0.2) is 5.69 Å². The van der Waals surface area contributed by atoms with Gasteiger partial charge in [-0.1, -0.05) is 0 Å². The molecule has 0 fully saturated rings. The zero-order chi connectivity index (χ0) is 14.8. The highest BCUT2D eigenvalue weighted by Gasteiger charge is 2.12. The summed E-state index contributed by atoms with van der Waals surface area (Å²) in [4.78, 5) is 27.6. The standard InChI is InChI=1S/C11H9ClN8O/c1-13-8(21)7-2-4-20(18-7)11-16-9(12)15-10(17-11)19-5-3-14-6-19/h2-6H,1H3,(H,13,21). The zero-order valence-corrected chi connectivity index (χ0v) is 11.6. The molecule has 1 amide bonds. The van der Waals surface area contributed by atoms with E-state index < -0.39 is 0 Å². The molecule has 0 aliphatic rings. The van der Waals surface area contributed by atoms with E-state index in [9.17, 15) is 4.79 Å². The van der Waals surface area contributed by atoms with Gasteiger partial charge in [-0.3, -0.25) is 9.36 Å². The molecule has 9 nitrogen and oxygen atoms in total. The maximum Gasteiger partial charge on any atom is 0.271 e. The van der Waals surface area contributed by atoms with Crippen molar-refractivity contribution in [2.24, 2.45) is 0 Å². The molecule has 0 saturated carbocycles. The van der Waals surface area contributed by atoms with Crippen molar-refractivity contribution in [2.75, 3.05) is 7.05 Å². The Labute approximate surface area is 123 Å². The minimum absolute atomic E-state index is 0.0145. The van der Waals surface area contributed by atoms with Crippen LogP contribution in [0.15, 0.2) is 31.0 Å². The van der Waals surface area contributed by atoms with Crippen molar-refractivity contribution < 1.29 is 4.79 Å². The van der Waals surface area contributed by atoms with Crippen molar-refractivity contribution in [1.82, 2.24) is 39.6 Å².